The van der Waals surface area contributed by atoms with Gasteiger partial charge in [0.25, 0.3) is 0 Å². The molecule has 0 aromatic rings. The summed E-state index contributed by atoms with van der Waals surface area (Å²) in [5.41, 5.74) is 6.09. The maximum atomic E-state index is 11.7. The average molecular weight is 212 g/mol. The summed E-state index contributed by atoms with van der Waals surface area (Å²) in [6.45, 7) is 8.06. The van der Waals surface area contributed by atoms with E-state index in [4.69, 9.17) is 5.73 Å². The van der Waals surface area contributed by atoms with Crippen LogP contribution in [0.15, 0.2) is 0 Å². The summed E-state index contributed by atoms with van der Waals surface area (Å²) in [6, 6.07) is -0.347. The predicted octanol–water partition coefficient (Wildman–Crippen LogP) is 1.76. The largest absolute Gasteiger partial charge is 0.341 e. The summed E-state index contributed by atoms with van der Waals surface area (Å²) in [5.74, 6) is 0.107. The molecule has 0 saturated carbocycles. The van der Waals surface area contributed by atoms with Gasteiger partial charge in [0.15, 0.2) is 0 Å². The molecule has 2 N–H and O–H groups in total. The van der Waals surface area contributed by atoms with Crippen molar-refractivity contribution in [3.63, 3.8) is 0 Å². The third kappa shape index (κ3) is 2.71. The number of nitrogens with zero attached hydrogens (tertiary/aromatic N) is 1. The third-order valence-corrected chi connectivity index (χ3v) is 4.03. The van der Waals surface area contributed by atoms with Gasteiger partial charge >= 0.3 is 0 Å². The van der Waals surface area contributed by atoms with E-state index >= 15 is 0 Å². The molecule has 0 aromatic heterocycles. The van der Waals surface area contributed by atoms with E-state index in [1.54, 1.807) is 6.92 Å². The third-order valence-electron chi connectivity index (χ3n) is 4.03. The van der Waals surface area contributed by atoms with Crippen LogP contribution in [0.4, 0.5) is 0 Å². The van der Waals surface area contributed by atoms with Gasteiger partial charge in [0, 0.05) is 13.1 Å². The topological polar surface area (TPSA) is 46.3 Å². The molecule has 1 saturated heterocycles. The molecule has 1 amide bonds. The van der Waals surface area contributed by atoms with Crippen molar-refractivity contribution in [1.82, 2.24) is 4.90 Å². The van der Waals surface area contributed by atoms with Crippen LogP contribution in [0.25, 0.3) is 0 Å². The second kappa shape index (κ2) is 4.97. The van der Waals surface area contributed by atoms with Crippen LogP contribution in [-0.2, 0) is 4.79 Å². The minimum atomic E-state index is -0.347. The van der Waals surface area contributed by atoms with E-state index in [2.05, 4.69) is 13.8 Å². The summed E-state index contributed by atoms with van der Waals surface area (Å²) >= 11 is 0. The van der Waals surface area contributed by atoms with Crippen LogP contribution in [0.5, 0.6) is 0 Å². The fourth-order valence-corrected chi connectivity index (χ4v) is 2.45. The number of piperidine rings is 1. The van der Waals surface area contributed by atoms with Crippen LogP contribution in [-0.4, -0.2) is 29.9 Å². The quantitative estimate of drug-likeness (QED) is 0.775. The second-order valence-electron chi connectivity index (χ2n) is 4.82. The normalized spacial score (nSPS) is 22.5. The van der Waals surface area contributed by atoms with Crippen LogP contribution in [0, 0.1) is 5.41 Å². The van der Waals surface area contributed by atoms with Gasteiger partial charge in [-0.2, -0.15) is 0 Å². The fourth-order valence-electron chi connectivity index (χ4n) is 2.45. The molecule has 1 atom stereocenters. The van der Waals surface area contributed by atoms with Crippen molar-refractivity contribution in [2.24, 2.45) is 11.1 Å². The molecule has 1 heterocycles. The lowest BCUT2D eigenvalue weighted by Crippen LogP contribution is -2.48. The molecule has 3 heteroatoms. The summed E-state index contributed by atoms with van der Waals surface area (Å²) in [6.07, 6.45) is 4.73. The SMILES string of the molecule is CCC1(CC)CCN(C(=O)[C@H](C)N)CC1. The summed E-state index contributed by atoms with van der Waals surface area (Å²) < 4.78 is 0. The minimum absolute atomic E-state index is 0.107. The smallest absolute Gasteiger partial charge is 0.239 e. The van der Waals surface area contributed by atoms with Crippen LogP contribution in [0.2, 0.25) is 0 Å². The maximum Gasteiger partial charge on any atom is 0.239 e. The molecule has 0 unspecified atom stereocenters. The van der Waals surface area contributed by atoms with Gasteiger partial charge in [-0.1, -0.05) is 26.7 Å². The minimum Gasteiger partial charge on any atom is -0.341 e. The van der Waals surface area contributed by atoms with Gasteiger partial charge in [-0.3, -0.25) is 4.79 Å². The van der Waals surface area contributed by atoms with Crippen molar-refractivity contribution in [1.29, 1.82) is 0 Å². The maximum absolute atomic E-state index is 11.7. The average Bonchev–Trinajstić information content (AvgIpc) is 2.28. The highest BCUT2D eigenvalue weighted by Crippen LogP contribution is 2.37. The first-order valence-corrected chi connectivity index (χ1v) is 6.09. The highest BCUT2D eigenvalue weighted by molar-refractivity contribution is 5.81. The molecule has 0 radical (unpaired) electrons. The molecule has 88 valence electrons. The lowest BCUT2D eigenvalue weighted by Gasteiger charge is -2.41. The standard InChI is InChI=1S/C12H24N2O/c1-4-12(5-2)6-8-14(9-7-12)11(15)10(3)13/h10H,4-9,13H2,1-3H3/t10-/m0/s1. The zero-order chi connectivity index (χ0) is 11.5. The summed E-state index contributed by atoms with van der Waals surface area (Å²) in [7, 11) is 0. The lowest BCUT2D eigenvalue weighted by molar-refractivity contribution is -0.134. The predicted molar refractivity (Wildman–Crippen MR) is 62.5 cm³/mol. The van der Waals surface area contributed by atoms with Gasteiger partial charge in [-0.25, -0.2) is 0 Å². The van der Waals surface area contributed by atoms with Gasteiger partial charge in [0.2, 0.25) is 5.91 Å². The van der Waals surface area contributed by atoms with Gasteiger partial charge in [0.05, 0.1) is 6.04 Å². The van der Waals surface area contributed by atoms with Gasteiger partial charge in [-0.05, 0) is 25.2 Å². The molecule has 3 nitrogen and oxygen atoms in total. The van der Waals surface area contributed by atoms with Crippen LogP contribution in [0.3, 0.4) is 0 Å². The zero-order valence-corrected chi connectivity index (χ0v) is 10.3. The van der Waals surface area contributed by atoms with Gasteiger partial charge < -0.3 is 10.6 Å². The molecule has 0 aliphatic carbocycles. The number of nitrogens with two attached hydrogens (primary N) is 1. The number of hydrogen-bond acceptors (Lipinski definition) is 2. The number of carbonyl (C=O) groups excluding carboxylic acids is 1. The Morgan fingerprint density at radius 2 is 1.80 bits per heavy atom. The Hall–Kier alpha value is -0.570. The Bertz CT molecular complexity index is 212. The summed E-state index contributed by atoms with van der Waals surface area (Å²) in [4.78, 5) is 13.6. The van der Waals surface area contributed by atoms with E-state index in [1.807, 2.05) is 4.90 Å². The highest BCUT2D eigenvalue weighted by Gasteiger charge is 2.33. The fraction of sp³-hybridized carbons (Fsp3) is 0.917. The summed E-state index contributed by atoms with van der Waals surface area (Å²) in [5, 5.41) is 0. The number of rotatable bonds is 3. The molecular formula is C12H24N2O. The van der Waals surface area contributed by atoms with Crippen molar-refractivity contribution in [2.45, 2.75) is 52.5 Å². The molecule has 15 heavy (non-hydrogen) atoms. The molecule has 0 spiro atoms. The number of carbonyl (C=O) groups is 1. The van der Waals surface area contributed by atoms with Crippen LogP contribution < -0.4 is 5.73 Å². The first-order valence-electron chi connectivity index (χ1n) is 6.09. The monoisotopic (exact) mass is 212 g/mol. The van der Waals surface area contributed by atoms with Gasteiger partial charge in [-0.15, -0.1) is 0 Å². The van der Waals surface area contributed by atoms with E-state index in [-0.39, 0.29) is 11.9 Å². The Morgan fingerprint density at radius 3 is 2.13 bits per heavy atom. The molecular weight excluding hydrogens is 188 g/mol. The van der Waals surface area contributed by atoms with Gasteiger partial charge in [0.1, 0.15) is 0 Å². The molecule has 1 aliphatic heterocycles. The molecule has 1 aliphatic rings. The molecule has 1 rings (SSSR count). The Kier molecular flexibility index (Phi) is 4.14. The molecule has 0 bridgehead atoms. The van der Waals surface area contributed by atoms with E-state index in [1.165, 1.54) is 12.8 Å². The molecule has 0 aromatic carbocycles. The van der Waals surface area contributed by atoms with Crippen molar-refractivity contribution < 1.29 is 4.79 Å². The lowest BCUT2D eigenvalue weighted by atomic mass is 9.74. The van der Waals surface area contributed by atoms with Crippen molar-refractivity contribution in [2.75, 3.05) is 13.1 Å². The first kappa shape index (κ1) is 12.5. The number of amides is 1. The van der Waals surface area contributed by atoms with E-state index < -0.39 is 0 Å². The zero-order valence-electron chi connectivity index (χ0n) is 10.3. The number of likely N-dealkylation sites (tertiary alicyclic amines) is 1. The van der Waals surface area contributed by atoms with E-state index in [0.717, 1.165) is 25.9 Å². The van der Waals surface area contributed by atoms with E-state index in [0.29, 0.717) is 5.41 Å². The second-order valence-corrected chi connectivity index (χ2v) is 4.82. The first-order chi connectivity index (χ1) is 7.04. The number of hydrogen-bond donors (Lipinski definition) is 1. The Morgan fingerprint density at radius 1 is 1.33 bits per heavy atom. The Labute approximate surface area is 93.0 Å². The van der Waals surface area contributed by atoms with Crippen LogP contribution in [0.1, 0.15) is 46.5 Å². The van der Waals surface area contributed by atoms with Crippen LogP contribution >= 0.6 is 0 Å². The van der Waals surface area contributed by atoms with Crippen molar-refractivity contribution >= 4 is 5.91 Å². The van der Waals surface area contributed by atoms with Crippen molar-refractivity contribution in [3.05, 3.63) is 0 Å². The van der Waals surface area contributed by atoms with Crippen molar-refractivity contribution in [3.8, 4) is 0 Å². The molecule has 1 fully saturated rings. The Balaban J connectivity index is 2.52. The van der Waals surface area contributed by atoms with E-state index in [9.17, 15) is 4.79 Å². The highest BCUT2D eigenvalue weighted by atomic mass is 16.2.